The second-order valence-electron chi connectivity index (χ2n) is 14.7. The Kier molecular flexibility index (Phi) is 12.1. The van der Waals surface area contributed by atoms with Gasteiger partial charge in [-0.1, -0.05) is 36.4 Å². The third-order valence-electron chi connectivity index (χ3n) is 9.86. The van der Waals surface area contributed by atoms with Crippen molar-refractivity contribution < 1.29 is 17.9 Å². The Hall–Kier alpha value is -5.45. The van der Waals surface area contributed by atoms with Crippen LogP contribution in [0.25, 0.3) is 42.0 Å². The molecule has 8 rings (SSSR count). The fraction of sp³-hybridized carbons (Fsp3) is 0.273. The SMILES string of the molecule is CC(C)Oc1ccc(-c2ncc(-c3cccc4c3CC[C@H]4N)s2)cc1C#N.CC(C)Oc1ccc(-c2ncc(-c3cccc4c3CC[C@H]4NS(N)(=O)=O)s2)cc1C#N. The van der Waals surface area contributed by atoms with E-state index in [1.807, 2.05) is 82.6 Å². The molecule has 2 aliphatic carbocycles. The molecule has 2 heterocycles. The standard InChI is InChI=1S/C22H22N4O3S2.C22H21N3OS/c1-13(2)29-20-9-6-14(10-15(20)11-23)22-25-12-21(30-22)18-5-3-4-17-16(18)7-8-19(17)26-31(24,27)28;1-13(2)26-20-9-6-14(10-15(20)11-23)22-25-12-21(27-22)18-5-3-4-17-16(18)7-8-19(17)24/h3-6,9-10,12-13,19,26H,7-8H2,1-2H3,(H2,24,27,28);3-6,9-10,12-13,19H,7-8,24H2,1-2H3/t2*19-/m11/s1. The van der Waals surface area contributed by atoms with Crippen LogP contribution in [0.15, 0.2) is 85.2 Å². The van der Waals surface area contributed by atoms with Gasteiger partial charge in [-0.25, -0.2) is 15.1 Å². The quantitative estimate of drug-likeness (QED) is 0.121. The lowest BCUT2D eigenvalue weighted by Crippen LogP contribution is -2.33. The van der Waals surface area contributed by atoms with Crippen molar-refractivity contribution in [3.05, 3.63) is 119 Å². The highest BCUT2D eigenvalue weighted by molar-refractivity contribution is 7.87. The normalized spacial score (nSPS) is 15.6. The lowest BCUT2D eigenvalue weighted by atomic mass is 10.0. The number of fused-ring (bicyclic) bond motifs is 2. The number of nitrogens with one attached hydrogen (secondary N) is 1. The van der Waals surface area contributed by atoms with Gasteiger partial charge in [-0.15, -0.1) is 22.7 Å². The van der Waals surface area contributed by atoms with Gasteiger partial charge < -0.3 is 15.2 Å². The van der Waals surface area contributed by atoms with Crippen LogP contribution in [0.3, 0.4) is 0 Å². The zero-order valence-electron chi connectivity index (χ0n) is 32.5. The molecule has 2 aliphatic rings. The molecule has 296 valence electrons. The van der Waals surface area contributed by atoms with Crippen molar-refractivity contribution in [1.29, 1.82) is 10.5 Å². The van der Waals surface area contributed by atoms with E-state index in [9.17, 15) is 18.9 Å². The Morgan fingerprint density at radius 2 is 1.22 bits per heavy atom. The summed E-state index contributed by atoms with van der Waals surface area (Å²) in [6.45, 7) is 7.74. The molecule has 4 aromatic carbocycles. The van der Waals surface area contributed by atoms with E-state index in [0.717, 1.165) is 66.8 Å². The van der Waals surface area contributed by atoms with Gasteiger partial charge in [0.05, 0.1) is 33.1 Å². The molecule has 58 heavy (non-hydrogen) atoms. The maximum Gasteiger partial charge on any atom is 0.274 e. The van der Waals surface area contributed by atoms with Crippen molar-refractivity contribution >= 4 is 32.9 Å². The van der Waals surface area contributed by atoms with Gasteiger partial charge >= 0.3 is 0 Å². The minimum atomic E-state index is -3.77. The molecule has 2 aromatic heterocycles. The summed E-state index contributed by atoms with van der Waals surface area (Å²) >= 11 is 3.18. The first-order valence-corrected chi connectivity index (χ1v) is 22.1. The van der Waals surface area contributed by atoms with E-state index in [0.29, 0.717) is 29.0 Å². The number of hydrogen-bond acceptors (Lipinski definition) is 11. The molecule has 0 spiro atoms. The van der Waals surface area contributed by atoms with E-state index in [4.69, 9.17) is 20.3 Å². The molecule has 0 amide bonds. The number of ether oxygens (including phenoxy) is 2. The topological polar surface area (TPSA) is 190 Å². The Balaban J connectivity index is 0.000000178. The van der Waals surface area contributed by atoms with Crippen molar-refractivity contribution in [1.82, 2.24) is 14.7 Å². The summed E-state index contributed by atoms with van der Waals surface area (Å²) in [5.41, 5.74) is 15.9. The fourth-order valence-corrected chi connectivity index (χ4v) is 9.97. The highest BCUT2D eigenvalue weighted by Crippen LogP contribution is 2.43. The predicted molar refractivity (Wildman–Crippen MR) is 229 cm³/mol. The number of nitrogens with two attached hydrogens (primary N) is 2. The van der Waals surface area contributed by atoms with E-state index in [1.165, 1.54) is 28.0 Å². The largest absolute Gasteiger partial charge is 0.490 e. The first kappa shape index (κ1) is 40.7. The first-order chi connectivity index (χ1) is 27.8. The Morgan fingerprint density at radius 3 is 1.71 bits per heavy atom. The predicted octanol–water partition coefficient (Wildman–Crippen LogP) is 9.00. The molecule has 11 nitrogen and oxygen atoms in total. The summed E-state index contributed by atoms with van der Waals surface area (Å²) in [7, 11) is -3.77. The molecule has 0 saturated carbocycles. The van der Waals surface area contributed by atoms with Crippen molar-refractivity contribution in [3.63, 3.8) is 0 Å². The summed E-state index contributed by atoms with van der Waals surface area (Å²) in [5.74, 6) is 1.18. The molecule has 0 aliphatic heterocycles. The second-order valence-corrected chi connectivity index (χ2v) is 18.1. The molecular weight excluding hydrogens is 787 g/mol. The average Bonchev–Trinajstić information content (AvgIpc) is 4.02. The zero-order valence-corrected chi connectivity index (χ0v) is 35.0. The van der Waals surface area contributed by atoms with Crippen molar-refractivity contribution in [2.24, 2.45) is 10.9 Å². The van der Waals surface area contributed by atoms with Crippen LogP contribution in [-0.4, -0.2) is 30.6 Å². The summed E-state index contributed by atoms with van der Waals surface area (Å²) in [5, 5.41) is 25.8. The van der Waals surface area contributed by atoms with Gasteiger partial charge in [0.1, 0.15) is 33.7 Å². The maximum absolute atomic E-state index is 11.5. The number of aromatic nitrogens is 2. The van der Waals surface area contributed by atoms with E-state index < -0.39 is 10.2 Å². The van der Waals surface area contributed by atoms with Crippen LogP contribution in [0.2, 0.25) is 0 Å². The van der Waals surface area contributed by atoms with Gasteiger partial charge in [-0.3, -0.25) is 0 Å². The number of thiazole rings is 2. The van der Waals surface area contributed by atoms with Gasteiger partial charge in [0, 0.05) is 35.6 Å². The molecule has 0 radical (unpaired) electrons. The Bertz CT molecular complexity index is 2670. The summed E-state index contributed by atoms with van der Waals surface area (Å²) in [6.07, 6.45) is 7.19. The Morgan fingerprint density at radius 1 is 0.741 bits per heavy atom. The number of nitriles is 2. The minimum Gasteiger partial charge on any atom is -0.490 e. The molecule has 2 atom stereocenters. The highest BCUT2D eigenvalue weighted by atomic mass is 32.2. The molecule has 6 aromatic rings. The van der Waals surface area contributed by atoms with Gasteiger partial charge in [0.15, 0.2) is 0 Å². The average molecular weight is 830 g/mol. The molecule has 14 heteroatoms. The van der Waals surface area contributed by atoms with Gasteiger partial charge in [-0.05, 0) is 123 Å². The van der Waals surface area contributed by atoms with E-state index in [2.05, 4.69) is 45.0 Å². The molecule has 0 bridgehead atoms. The Labute approximate surface area is 347 Å². The van der Waals surface area contributed by atoms with Crippen LogP contribution in [0, 0.1) is 22.7 Å². The van der Waals surface area contributed by atoms with Crippen molar-refractivity contribution in [2.45, 2.75) is 77.7 Å². The maximum atomic E-state index is 11.5. The summed E-state index contributed by atoms with van der Waals surface area (Å²) < 4.78 is 36.9. The molecule has 0 unspecified atom stereocenters. The van der Waals surface area contributed by atoms with Crippen molar-refractivity contribution in [2.75, 3.05) is 0 Å². The fourth-order valence-electron chi connectivity index (χ4n) is 7.40. The molecule has 5 N–H and O–H groups in total. The first-order valence-electron chi connectivity index (χ1n) is 19.0. The molecule has 0 fully saturated rings. The van der Waals surface area contributed by atoms with Crippen LogP contribution < -0.4 is 25.1 Å². The lowest BCUT2D eigenvalue weighted by Gasteiger charge is -2.12. The number of nitrogens with zero attached hydrogens (tertiary/aromatic N) is 4. The monoisotopic (exact) mass is 829 g/mol. The van der Waals surface area contributed by atoms with Crippen LogP contribution in [0.5, 0.6) is 11.5 Å². The summed E-state index contributed by atoms with van der Waals surface area (Å²) in [4.78, 5) is 11.3. The number of hydrogen-bond donors (Lipinski definition) is 3. The van der Waals surface area contributed by atoms with E-state index in [1.54, 1.807) is 23.5 Å². The second kappa shape index (κ2) is 17.2. The van der Waals surface area contributed by atoms with Crippen LogP contribution in [0.1, 0.15) is 86.0 Å². The smallest absolute Gasteiger partial charge is 0.274 e. The zero-order chi connectivity index (χ0) is 41.1. The lowest BCUT2D eigenvalue weighted by molar-refractivity contribution is 0.241. The molecule has 0 saturated heterocycles. The van der Waals surface area contributed by atoms with E-state index in [-0.39, 0.29) is 24.3 Å². The van der Waals surface area contributed by atoms with Crippen LogP contribution >= 0.6 is 22.7 Å². The van der Waals surface area contributed by atoms with Crippen LogP contribution in [0.4, 0.5) is 0 Å². The van der Waals surface area contributed by atoms with Gasteiger partial charge in [-0.2, -0.15) is 23.7 Å². The third-order valence-corrected chi connectivity index (χ3v) is 12.6. The minimum absolute atomic E-state index is 0.0165. The van der Waals surface area contributed by atoms with Crippen molar-refractivity contribution in [3.8, 4) is 65.7 Å². The van der Waals surface area contributed by atoms with Gasteiger partial charge in [0.25, 0.3) is 10.2 Å². The number of rotatable bonds is 10. The third kappa shape index (κ3) is 8.98. The number of benzene rings is 4. The van der Waals surface area contributed by atoms with E-state index >= 15 is 0 Å². The van der Waals surface area contributed by atoms with Crippen LogP contribution in [-0.2, 0) is 23.1 Å². The highest BCUT2D eigenvalue weighted by Gasteiger charge is 2.28. The van der Waals surface area contributed by atoms with Gasteiger partial charge in [0.2, 0.25) is 0 Å². The molecular formula is C44H43N7O4S3. The summed E-state index contributed by atoms with van der Waals surface area (Å²) in [6, 6.07) is 27.6.